The molecule has 2 aromatic rings. The van der Waals surface area contributed by atoms with Gasteiger partial charge in [-0.15, -0.1) is 0 Å². The number of aromatic nitrogens is 3. The Bertz CT molecular complexity index is 655. The normalized spacial score (nSPS) is 11.5. The Morgan fingerprint density at radius 2 is 2.21 bits per heavy atom. The molecule has 0 fully saturated rings. The maximum Gasteiger partial charge on any atom is 0.251 e. The van der Waals surface area contributed by atoms with Crippen LogP contribution >= 0.6 is 11.8 Å². The van der Waals surface area contributed by atoms with E-state index in [0.717, 1.165) is 5.56 Å². The molecule has 2 heterocycles. The summed E-state index contributed by atoms with van der Waals surface area (Å²) in [6, 6.07) is 4.87. The molecule has 7 nitrogen and oxygen atoms in total. The number of rotatable bonds is 4. The van der Waals surface area contributed by atoms with Crippen molar-refractivity contribution in [2.75, 3.05) is 0 Å². The average molecular weight is 277 g/mol. The van der Waals surface area contributed by atoms with Crippen LogP contribution in [0.3, 0.4) is 0 Å². The summed E-state index contributed by atoms with van der Waals surface area (Å²) in [7, 11) is 0. The van der Waals surface area contributed by atoms with Gasteiger partial charge in [0.05, 0.1) is 0 Å². The zero-order chi connectivity index (χ0) is 13.7. The standard InChI is InChI=1S/C11H11N5O2S/c12-10(16-18)8-5-7(1-3-13-8)6-19-11-14-4-2-9(17)15-11/h1-5,18H,6H2,(H2,12,16)(H,14,15,17). The number of oxime groups is 1. The first-order valence-electron chi connectivity index (χ1n) is 5.30. The SMILES string of the molecule is NC(=NO)c1cc(CSc2nccc(=O)[nH]2)ccn1. The highest BCUT2D eigenvalue weighted by atomic mass is 32.2. The summed E-state index contributed by atoms with van der Waals surface area (Å²) < 4.78 is 0. The van der Waals surface area contributed by atoms with E-state index in [9.17, 15) is 4.79 Å². The monoisotopic (exact) mass is 277 g/mol. The van der Waals surface area contributed by atoms with E-state index in [1.807, 2.05) is 6.07 Å². The third-order valence-electron chi connectivity index (χ3n) is 2.22. The molecule has 0 saturated carbocycles. The van der Waals surface area contributed by atoms with Crippen LogP contribution in [-0.2, 0) is 5.75 Å². The van der Waals surface area contributed by atoms with Crippen molar-refractivity contribution in [3.05, 3.63) is 52.2 Å². The van der Waals surface area contributed by atoms with Crippen molar-refractivity contribution in [2.45, 2.75) is 10.9 Å². The van der Waals surface area contributed by atoms with Crippen molar-refractivity contribution in [1.82, 2.24) is 15.0 Å². The van der Waals surface area contributed by atoms with Crippen molar-refractivity contribution < 1.29 is 5.21 Å². The van der Waals surface area contributed by atoms with Gasteiger partial charge in [0, 0.05) is 24.2 Å². The van der Waals surface area contributed by atoms with Gasteiger partial charge in [-0.2, -0.15) is 0 Å². The predicted octanol–water partition coefficient (Wildman–Crippen LogP) is 0.552. The Morgan fingerprint density at radius 3 is 2.95 bits per heavy atom. The molecule has 0 aliphatic heterocycles. The summed E-state index contributed by atoms with van der Waals surface area (Å²) in [6.07, 6.45) is 3.03. The summed E-state index contributed by atoms with van der Waals surface area (Å²) in [4.78, 5) is 21.7. The molecule has 0 aliphatic carbocycles. The van der Waals surface area contributed by atoms with Gasteiger partial charge in [-0.3, -0.25) is 9.78 Å². The average Bonchev–Trinajstić information content (AvgIpc) is 2.45. The second kappa shape index (κ2) is 6.01. The van der Waals surface area contributed by atoms with Crippen LogP contribution in [0.25, 0.3) is 0 Å². The third kappa shape index (κ3) is 3.55. The number of hydrogen-bond donors (Lipinski definition) is 3. The maximum absolute atomic E-state index is 11.1. The van der Waals surface area contributed by atoms with E-state index in [1.54, 1.807) is 12.3 Å². The number of H-pyrrole nitrogens is 1. The molecular weight excluding hydrogens is 266 g/mol. The van der Waals surface area contributed by atoms with Gasteiger partial charge in [-0.05, 0) is 17.7 Å². The minimum Gasteiger partial charge on any atom is -0.409 e. The van der Waals surface area contributed by atoms with E-state index in [1.165, 1.54) is 24.0 Å². The highest BCUT2D eigenvalue weighted by Crippen LogP contribution is 2.17. The van der Waals surface area contributed by atoms with E-state index in [4.69, 9.17) is 10.9 Å². The molecule has 0 bridgehead atoms. The Kier molecular flexibility index (Phi) is 4.14. The van der Waals surface area contributed by atoms with Gasteiger partial charge >= 0.3 is 0 Å². The van der Waals surface area contributed by atoms with Crippen LogP contribution in [0.5, 0.6) is 0 Å². The highest BCUT2D eigenvalue weighted by molar-refractivity contribution is 7.98. The Morgan fingerprint density at radius 1 is 1.42 bits per heavy atom. The van der Waals surface area contributed by atoms with Crippen molar-refractivity contribution in [2.24, 2.45) is 10.9 Å². The summed E-state index contributed by atoms with van der Waals surface area (Å²) in [5.74, 6) is 0.541. The number of hydrogen-bond acceptors (Lipinski definition) is 6. The third-order valence-corrected chi connectivity index (χ3v) is 3.18. The predicted molar refractivity (Wildman–Crippen MR) is 71.2 cm³/mol. The molecular formula is C11H11N5O2S. The van der Waals surface area contributed by atoms with Crippen molar-refractivity contribution >= 4 is 17.6 Å². The van der Waals surface area contributed by atoms with Crippen molar-refractivity contribution in [1.29, 1.82) is 0 Å². The molecule has 2 aromatic heterocycles. The zero-order valence-electron chi connectivity index (χ0n) is 9.78. The lowest BCUT2D eigenvalue weighted by Crippen LogP contribution is -2.15. The molecule has 2 rings (SSSR count). The van der Waals surface area contributed by atoms with Crippen LogP contribution in [0.2, 0.25) is 0 Å². The van der Waals surface area contributed by atoms with E-state index < -0.39 is 0 Å². The van der Waals surface area contributed by atoms with Crippen molar-refractivity contribution in [3.8, 4) is 0 Å². The molecule has 0 unspecified atom stereocenters. The second-order valence-electron chi connectivity index (χ2n) is 3.56. The van der Waals surface area contributed by atoms with Crippen LogP contribution < -0.4 is 11.3 Å². The lowest BCUT2D eigenvalue weighted by molar-refractivity contribution is 0.318. The fourth-order valence-electron chi connectivity index (χ4n) is 1.33. The summed E-state index contributed by atoms with van der Waals surface area (Å²) in [5, 5.41) is 12.0. The minimum absolute atomic E-state index is 0.0434. The molecule has 0 aromatic carbocycles. The number of aromatic amines is 1. The summed E-state index contributed by atoms with van der Waals surface area (Å²) in [5.41, 5.74) is 6.59. The van der Waals surface area contributed by atoms with Gasteiger partial charge in [-0.1, -0.05) is 16.9 Å². The molecule has 0 spiro atoms. The number of amidine groups is 1. The highest BCUT2D eigenvalue weighted by Gasteiger charge is 2.03. The largest absolute Gasteiger partial charge is 0.409 e. The molecule has 0 amide bonds. The van der Waals surface area contributed by atoms with Crippen LogP contribution in [0.1, 0.15) is 11.3 Å². The number of pyridine rings is 1. The zero-order valence-corrected chi connectivity index (χ0v) is 10.6. The van der Waals surface area contributed by atoms with Gasteiger partial charge in [0.25, 0.3) is 5.56 Å². The first-order chi connectivity index (χ1) is 9.19. The summed E-state index contributed by atoms with van der Waals surface area (Å²) >= 11 is 1.38. The lowest BCUT2D eigenvalue weighted by atomic mass is 10.2. The molecule has 0 atom stereocenters. The van der Waals surface area contributed by atoms with E-state index in [2.05, 4.69) is 20.1 Å². The Balaban J connectivity index is 2.10. The Labute approximate surface area is 112 Å². The summed E-state index contributed by atoms with van der Waals surface area (Å²) in [6.45, 7) is 0. The number of nitrogens with one attached hydrogen (secondary N) is 1. The Hall–Kier alpha value is -2.35. The van der Waals surface area contributed by atoms with Crippen LogP contribution in [-0.4, -0.2) is 26.0 Å². The second-order valence-corrected chi connectivity index (χ2v) is 4.53. The van der Waals surface area contributed by atoms with E-state index in [-0.39, 0.29) is 11.4 Å². The van der Waals surface area contributed by atoms with Gasteiger partial charge < -0.3 is 15.9 Å². The number of nitrogens with two attached hydrogens (primary N) is 1. The fourth-order valence-corrected chi connectivity index (χ4v) is 2.12. The molecule has 98 valence electrons. The van der Waals surface area contributed by atoms with Crippen LogP contribution in [0.4, 0.5) is 0 Å². The topological polar surface area (TPSA) is 117 Å². The maximum atomic E-state index is 11.1. The van der Waals surface area contributed by atoms with E-state index in [0.29, 0.717) is 16.6 Å². The van der Waals surface area contributed by atoms with Crippen molar-refractivity contribution in [3.63, 3.8) is 0 Å². The molecule has 0 saturated heterocycles. The lowest BCUT2D eigenvalue weighted by Gasteiger charge is -2.03. The smallest absolute Gasteiger partial charge is 0.251 e. The van der Waals surface area contributed by atoms with Gasteiger partial charge in [-0.25, -0.2) is 4.98 Å². The van der Waals surface area contributed by atoms with Gasteiger partial charge in [0.1, 0.15) is 5.69 Å². The molecule has 4 N–H and O–H groups in total. The van der Waals surface area contributed by atoms with Gasteiger partial charge in [0.2, 0.25) is 0 Å². The van der Waals surface area contributed by atoms with Crippen LogP contribution in [0.15, 0.2) is 45.7 Å². The number of nitrogens with zero attached hydrogens (tertiary/aromatic N) is 3. The van der Waals surface area contributed by atoms with Gasteiger partial charge in [0.15, 0.2) is 11.0 Å². The molecule has 8 heteroatoms. The molecule has 0 aliphatic rings. The van der Waals surface area contributed by atoms with Crippen LogP contribution in [0, 0.1) is 0 Å². The quantitative estimate of drug-likeness (QED) is 0.188. The first-order valence-corrected chi connectivity index (χ1v) is 6.28. The first kappa shape index (κ1) is 13.1. The number of thioether (sulfide) groups is 1. The fraction of sp³-hybridized carbons (Fsp3) is 0.0909. The molecule has 19 heavy (non-hydrogen) atoms. The van der Waals surface area contributed by atoms with E-state index >= 15 is 0 Å². The molecule has 0 radical (unpaired) electrons. The minimum atomic E-state index is -0.190.